The number of hydrogen-bond acceptors (Lipinski definition) is 2. The van der Waals surface area contributed by atoms with Crippen molar-refractivity contribution in [3.8, 4) is 0 Å². The second kappa shape index (κ2) is 8.88. The van der Waals surface area contributed by atoms with Crippen LogP contribution in [0, 0.1) is 17.3 Å². The molecule has 2 unspecified atom stereocenters. The van der Waals surface area contributed by atoms with Crippen LogP contribution in [0.3, 0.4) is 0 Å². The number of fused-ring (bicyclic) bond motifs is 1. The van der Waals surface area contributed by atoms with Gasteiger partial charge in [0.05, 0.1) is 0 Å². The number of hydrogen-bond donors (Lipinski definition) is 1. The number of guanidine groups is 1. The van der Waals surface area contributed by atoms with Crippen molar-refractivity contribution in [3.63, 3.8) is 0 Å². The van der Waals surface area contributed by atoms with Crippen LogP contribution in [0.15, 0.2) is 4.99 Å². The number of nitrogens with zero attached hydrogens (tertiary/aromatic N) is 2. The molecule has 3 fully saturated rings. The summed E-state index contributed by atoms with van der Waals surface area (Å²) in [4.78, 5) is 7.07. The molecule has 0 spiro atoms. The predicted octanol–water partition coefficient (Wildman–Crippen LogP) is 3.51. The number of halogens is 1. The van der Waals surface area contributed by atoms with Crippen LogP contribution in [0.1, 0.15) is 51.9 Å². The van der Waals surface area contributed by atoms with Crippen molar-refractivity contribution in [1.82, 2.24) is 10.2 Å². The molecule has 134 valence electrons. The maximum atomic E-state index is 5.54. The molecule has 1 heterocycles. The molecule has 1 aliphatic heterocycles. The third kappa shape index (κ3) is 4.97. The van der Waals surface area contributed by atoms with Gasteiger partial charge in [-0.3, -0.25) is 4.99 Å². The van der Waals surface area contributed by atoms with E-state index in [9.17, 15) is 0 Å². The van der Waals surface area contributed by atoms with Gasteiger partial charge in [-0.2, -0.15) is 0 Å². The molecule has 0 radical (unpaired) electrons. The highest BCUT2D eigenvalue weighted by atomic mass is 127. The Hall–Kier alpha value is -0.0400. The summed E-state index contributed by atoms with van der Waals surface area (Å²) in [7, 11) is 1.93. The second-order valence-corrected chi connectivity index (χ2v) is 7.56. The minimum absolute atomic E-state index is 0. The number of rotatable bonds is 6. The van der Waals surface area contributed by atoms with E-state index < -0.39 is 0 Å². The smallest absolute Gasteiger partial charge is 0.193 e. The maximum absolute atomic E-state index is 5.54. The molecular formula is C18H34IN3O. The van der Waals surface area contributed by atoms with Crippen LogP contribution in [0.2, 0.25) is 0 Å². The Labute approximate surface area is 158 Å². The SMILES string of the molecule is CCOCCC1(CNC(=NC)N2CC3CCCCC3C2)CC1.I. The van der Waals surface area contributed by atoms with Gasteiger partial charge in [-0.25, -0.2) is 0 Å². The monoisotopic (exact) mass is 435 g/mol. The summed E-state index contributed by atoms with van der Waals surface area (Å²) in [6.07, 6.45) is 9.59. The van der Waals surface area contributed by atoms with E-state index in [-0.39, 0.29) is 24.0 Å². The third-order valence-corrected chi connectivity index (χ3v) is 6.05. The molecule has 4 nitrogen and oxygen atoms in total. The lowest BCUT2D eigenvalue weighted by atomic mass is 9.82. The van der Waals surface area contributed by atoms with Gasteiger partial charge in [0, 0.05) is 39.9 Å². The lowest BCUT2D eigenvalue weighted by Gasteiger charge is -2.24. The molecule has 1 saturated heterocycles. The van der Waals surface area contributed by atoms with Crippen molar-refractivity contribution in [2.24, 2.45) is 22.2 Å². The summed E-state index contributed by atoms with van der Waals surface area (Å²) in [5.74, 6) is 2.97. The molecule has 2 aliphatic carbocycles. The Bertz CT molecular complexity index is 384. The van der Waals surface area contributed by atoms with Gasteiger partial charge in [0.1, 0.15) is 0 Å². The average Bonchev–Trinajstić information content (AvgIpc) is 3.17. The Morgan fingerprint density at radius 2 is 1.87 bits per heavy atom. The minimum Gasteiger partial charge on any atom is -0.382 e. The normalized spacial score (nSPS) is 29.0. The van der Waals surface area contributed by atoms with E-state index >= 15 is 0 Å². The zero-order chi connectivity index (χ0) is 15.4. The first-order valence-electron chi connectivity index (χ1n) is 9.30. The standard InChI is InChI=1S/C18H33N3O.HI/c1-3-22-11-10-18(8-9-18)14-20-17(19-2)21-12-15-6-4-5-7-16(15)13-21;/h15-16H,3-14H2,1-2H3,(H,19,20);1H. The zero-order valence-corrected chi connectivity index (χ0v) is 17.2. The number of aliphatic imine (C=N–C) groups is 1. The quantitative estimate of drug-likeness (QED) is 0.300. The zero-order valence-electron chi connectivity index (χ0n) is 14.9. The lowest BCUT2D eigenvalue weighted by molar-refractivity contribution is 0.128. The number of nitrogens with one attached hydrogen (secondary N) is 1. The van der Waals surface area contributed by atoms with E-state index in [1.807, 2.05) is 7.05 Å². The summed E-state index contributed by atoms with van der Waals surface area (Å²) < 4.78 is 5.54. The van der Waals surface area contributed by atoms with Crippen LogP contribution in [0.4, 0.5) is 0 Å². The second-order valence-electron chi connectivity index (χ2n) is 7.56. The van der Waals surface area contributed by atoms with Gasteiger partial charge in [0.2, 0.25) is 0 Å². The summed E-state index contributed by atoms with van der Waals surface area (Å²) in [5, 5.41) is 3.67. The third-order valence-electron chi connectivity index (χ3n) is 6.05. The molecule has 5 heteroatoms. The molecular weight excluding hydrogens is 401 g/mol. The Morgan fingerprint density at radius 1 is 1.22 bits per heavy atom. The molecule has 23 heavy (non-hydrogen) atoms. The molecule has 1 N–H and O–H groups in total. The van der Waals surface area contributed by atoms with Gasteiger partial charge >= 0.3 is 0 Å². The molecule has 0 bridgehead atoms. The van der Waals surface area contributed by atoms with Crippen LogP contribution in [0.25, 0.3) is 0 Å². The fourth-order valence-corrected chi connectivity index (χ4v) is 4.30. The van der Waals surface area contributed by atoms with Crippen LogP contribution in [0.5, 0.6) is 0 Å². The van der Waals surface area contributed by atoms with E-state index in [1.165, 1.54) is 58.0 Å². The fourth-order valence-electron chi connectivity index (χ4n) is 4.30. The Morgan fingerprint density at radius 3 is 2.39 bits per heavy atom. The molecule has 0 aromatic carbocycles. The fraction of sp³-hybridized carbons (Fsp3) is 0.944. The number of likely N-dealkylation sites (tertiary alicyclic amines) is 1. The van der Waals surface area contributed by atoms with E-state index in [4.69, 9.17) is 4.74 Å². The predicted molar refractivity (Wildman–Crippen MR) is 107 cm³/mol. The summed E-state index contributed by atoms with van der Waals surface area (Å²) in [6.45, 7) is 7.32. The van der Waals surface area contributed by atoms with Gasteiger partial charge in [-0.05, 0) is 56.3 Å². The van der Waals surface area contributed by atoms with Gasteiger partial charge in [-0.15, -0.1) is 24.0 Å². The van der Waals surface area contributed by atoms with E-state index in [1.54, 1.807) is 0 Å². The van der Waals surface area contributed by atoms with Crippen molar-refractivity contribution in [2.75, 3.05) is 39.9 Å². The lowest BCUT2D eigenvalue weighted by Crippen LogP contribution is -2.42. The highest BCUT2D eigenvalue weighted by Gasteiger charge is 2.42. The molecule has 0 amide bonds. The Kier molecular flexibility index (Phi) is 7.45. The first-order valence-corrected chi connectivity index (χ1v) is 9.30. The minimum atomic E-state index is 0. The van der Waals surface area contributed by atoms with Crippen molar-refractivity contribution >= 4 is 29.9 Å². The molecule has 3 rings (SSSR count). The number of ether oxygens (including phenoxy) is 1. The molecule has 0 aromatic heterocycles. The first-order chi connectivity index (χ1) is 10.8. The van der Waals surface area contributed by atoms with Crippen LogP contribution < -0.4 is 5.32 Å². The average molecular weight is 435 g/mol. The van der Waals surface area contributed by atoms with E-state index in [0.717, 1.165) is 37.6 Å². The van der Waals surface area contributed by atoms with Gasteiger partial charge in [0.15, 0.2) is 5.96 Å². The van der Waals surface area contributed by atoms with Crippen LogP contribution >= 0.6 is 24.0 Å². The molecule has 2 atom stereocenters. The van der Waals surface area contributed by atoms with Crippen LogP contribution in [-0.2, 0) is 4.74 Å². The topological polar surface area (TPSA) is 36.9 Å². The van der Waals surface area contributed by atoms with E-state index in [0.29, 0.717) is 5.41 Å². The molecule has 2 saturated carbocycles. The highest BCUT2D eigenvalue weighted by Crippen LogP contribution is 2.48. The molecule has 0 aromatic rings. The van der Waals surface area contributed by atoms with Gasteiger partial charge in [0.25, 0.3) is 0 Å². The Balaban J connectivity index is 0.00000192. The largest absolute Gasteiger partial charge is 0.382 e. The van der Waals surface area contributed by atoms with Crippen molar-refractivity contribution in [1.29, 1.82) is 0 Å². The highest BCUT2D eigenvalue weighted by molar-refractivity contribution is 14.0. The maximum Gasteiger partial charge on any atom is 0.193 e. The van der Waals surface area contributed by atoms with E-state index in [2.05, 4.69) is 22.1 Å². The van der Waals surface area contributed by atoms with Crippen LogP contribution in [-0.4, -0.2) is 50.8 Å². The summed E-state index contributed by atoms with van der Waals surface area (Å²) >= 11 is 0. The molecule has 3 aliphatic rings. The van der Waals surface area contributed by atoms with Gasteiger partial charge < -0.3 is 15.0 Å². The van der Waals surface area contributed by atoms with Gasteiger partial charge in [-0.1, -0.05) is 12.8 Å². The van der Waals surface area contributed by atoms with Crippen molar-refractivity contribution < 1.29 is 4.74 Å². The summed E-state index contributed by atoms with van der Waals surface area (Å²) in [5.41, 5.74) is 0.484. The van der Waals surface area contributed by atoms with Crippen molar-refractivity contribution in [3.05, 3.63) is 0 Å². The van der Waals surface area contributed by atoms with Crippen molar-refractivity contribution in [2.45, 2.75) is 51.9 Å². The summed E-state index contributed by atoms with van der Waals surface area (Å²) in [6, 6.07) is 0. The first kappa shape index (κ1) is 19.3.